The number of para-hydroxylation sites is 1. The lowest BCUT2D eigenvalue weighted by atomic mass is 10.2. The van der Waals surface area contributed by atoms with E-state index in [1.807, 2.05) is 36.4 Å². The van der Waals surface area contributed by atoms with E-state index in [-0.39, 0.29) is 12.1 Å². The third-order valence-electron chi connectivity index (χ3n) is 6.16. The molecule has 0 bridgehead atoms. The van der Waals surface area contributed by atoms with Gasteiger partial charge in [0, 0.05) is 56.2 Å². The third kappa shape index (κ3) is 4.22. The summed E-state index contributed by atoms with van der Waals surface area (Å²) in [6.07, 6.45) is 3.86. The summed E-state index contributed by atoms with van der Waals surface area (Å²) >= 11 is 0. The van der Waals surface area contributed by atoms with E-state index in [0.29, 0.717) is 12.2 Å². The predicted molar refractivity (Wildman–Crippen MR) is 131 cm³/mol. The quantitative estimate of drug-likeness (QED) is 0.353. The van der Waals surface area contributed by atoms with E-state index in [9.17, 15) is 14.0 Å². The van der Waals surface area contributed by atoms with Gasteiger partial charge in [-0.1, -0.05) is 30.3 Å². The van der Waals surface area contributed by atoms with Crippen LogP contribution in [0, 0.1) is 5.82 Å². The van der Waals surface area contributed by atoms with Crippen LogP contribution in [0.25, 0.3) is 10.9 Å². The molecule has 0 saturated carbocycles. The van der Waals surface area contributed by atoms with Gasteiger partial charge in [0.25, 0.3) is 5.91 Å². The van der Waals surface area contributed by atoms with Crippen LogP contribution in [0.1, 0.15) is 5.56 Å². The number of halogens is 1. The lowest BCUT2D eigenvalue weighted by Gasteiger charge is -2.38. The number of aldehydes is 1. The Kier molecular flexibility index (Phi) is 5.95. The first kappa shape index (κ1) is 21.6. The molecule has 0 spiro atoms. The van der Waals surface area contributed by atoms with Gasteiger partial charge < -0.3 is 19.7 Å². The van der Waals surface area contributed by atoms with Gasteiger partial charge in [0.2, 0.25) is 6.29 Å². The Labute approximate surface area is 196 Å². The number of benzene rings is 2. The molecule has 5 rings (SSSR count). The van der Waals surface area contributed by atoms with E-state index in [2.05, 4.69) is 24.7 Å². The molecule has 2 aromatic carbocycles. The maximum atomic E-state index is 13.5. The molecular formula is C26H24FN5O2. The van der Waals surface area contributed by atoms with E-state index in [1.165, 1.54) is 12.1 Å². The number of nitrogens with one attached hydrogen (secondary N) is 1. The highest BCUT2D eigenvalue weighted by molar-refractivity contribution is 6.31. The molecule has 1 saturated heterocycles. The molecule has 1 aliphatic rings. The summed E-state index contributed by atoms with van der Waals surface area (Å²) in [5, 5.41) is 3.66. The number of rotatable bonds is 6. The van der Waals surface area contributed by atoms with Gasteiger partial charge in [0.15, 0.2) is 0 Å². The molecule has 0 atom stereocenters. The van der Waals surface area contributed by atoms with Crippen LogP contribution in [0.15, 0.2) is 73.1 Å². The van der Waals surface area contributed by atoms with E-state index in [0.717, 1.165) is 54.2 Å². The second-order valence-corrected chi connectivity index (χ2v) is 8.21. The molecule has 34 heavy (non-hydrogen) atoms. The number of pyridine rings is 1. The first-order valence-corrected chi connectivity index (χ1v) is 11.2. The molecule has 4 aromatic rings. The fraction of sp³-hybridized carbons (Fsp3) is 0.192. The summed E-state index contributed by atoms with van der Waals surface area (Å²) in [7, 11) is 0. The van der Waals surface area contributed by atoms with Crippen molar-refractivity contribution in [3.63, 3.8) is 0 Å². The van der Waals surface area contributed by atoms with Gasteiger partial charge in [0.05, 0.1) is 11.2 Å². The standard InChI is InChI=1S/C26H24FN5O2/c27-20-7-5-19(6-8-20)17-32-23-4-2-1-3-22(23)25(29-24(34)18-33)26(32)31-15-13-30(14-16-31)21-9-11-28-12-10-21/h1-12,18H,13-17H2,(H,29,34). The zero-order valence-corrected chi connectivity index (χ0v) is 18.5. The fourth-order valence-corrected chi connectivity index (χ4v) is 4.56. The number of hydrogen-bond acceptors (Lipinski definition) is 5. The van der Waals surface area contributed by atoms with Gasteiger partial charge in [-0.25, -0.2) is 4.39 Å². The molecular weight excluding hydrogens is 433 g/mol. The Morgan fingerprint density at radius 2 is 1.62 bits per heavy atom. The summed E-state index contributed by atoms with van der Waals surface area (Å²) in [6, 6.07) is 18.2. The van der Waals surface area contributed by atoms with Crippen molar-refractivity contribution in [3.8, 4) is 0 Å². The molecule has 1 amide bonds. The highest BCUT2D eigenvalue weighted by atomic mass is 19.1. The van der Waals surface area contributed by atoms with Crippen molar-refractivity contribution in [2.45, 2.75) is 6.54 Å². The van der Waals surface area contributed by atoms with Crippen molar-refractivity contribution >= 4 is 40.3 Å². The smallest absolute Gasteiger partial charge is 0.288 e. The van der Waals surface area contributed by atoms with Crippen molar-refractivity contribution in [1.29, 1.82) is 0 Å². The van der Waals surface area contributed by atoms with Crippen molar-refractivity contribution in [3.05, 3.63) is 84.4 Å². The number of amides is 1. The Morgan fingerprint density at radius 1 is 0.941 bits per heavy atom. The number of hydrogen-bond donors (Lipinski definition) is 1. The van der Waals surface area contributed by atoms with Crippen LogP contribution in [0.2, 0.25) is 0 Å². The van der Waals surface area contributed by atoms with Crippen LogP contribution in [0.5, 0.6) is 0 Å². The lowest BCUT2D eigenvalue weighted by Crippen LogP contribution is -2.47. The van der Waals surface area contributed by atoms with E-state index in [4.69, 9.17) is 0 Å². The van der Waals surface area contributed by atoms with Gasteiger partial charge >= 0.3 is 0 Å². The monoisotopic (exact) mass is 457 g/mol. The van der Waals surface area contributed by atoms with Crippen molar-refractivity contribution in [1.82, 2.24) is 9.55 Å². The van der Waals surface area contributed by atoms with Crippen molar-refractivity contribution in [2.24, 2.45) is 0 Å². The number of nitrogens with zero attached hydrogens (tertiary/aromatic N) is 4. The number of carbonyl (C=O) groups excluding carboxylic acids is 2. The first-order chi connectivity index (χ1) is 16.6. The highest BCUT2D eigenvalue weighted by Crippen LogP contribution is 2.39. The molecule has 0 radical (unpaired) electrons. The van der Waals surface area contributed by atoms with Gasteiger partial charge in [-0.15, -0.1) is 0 Å². The predicted octanol–water partition coefficient (Wildman–Crippen LogP) is 3.69. The van der Waals surface area contributed by atoms with Gasteiger partial charge in [0.1, 0.15) is 11.6 Å². The van der Waals surface area contributed by atoms with Crippen LogP contribution in [0.4, 0.5) is 21.6 Å². The number of anilines is 3. The van der Waals surface area contributed by atoms with Crippen LogP contribution in [-0.4, -0.2) is 47.9 Å². The topological polar surface area (TPSA) is 70.5 Å². The molecule has 0 aliphatic carbocycles. The zero-order valence-electron chi connectivity index (χ0n) is 18.5. The normalized spacial score (nSPS) is 13.8. The number of aromatic nitrogens is 2. The van der Waals surface area contributed by atoms with Crippen LogP contribution < -0.4 is 15.1 Å². The van der Waals surface area contributed by atoms with Crippen LogP contribution >= 0.6 is 0 Å². The minimum absolute atomic E-state index is 0.285. The number of piperazine rings is 1. The molecule has 1 fully saturated rings. The lowest BCUT2D eigenvalue weighted by molar-refractivity contribution is -0.127. The molecule has 1 aliphatic heterocycles. The highest BCUT2D eigenvalue weighted by Gasteiger charge is 2.26. The molecule has 2 aromatic heterocycles. The minimum atomic E-state index is -0.693. The zero-order chi connectivity index (χ0) is 23.5. The second-order valence-electron chi connectivity index (χ2n) is 8.21. The van der Waals surface area contributed by atoms with Crippen LogP contribution in [0.3, 0.4) is 0 Å². The Morgan fingerprint density at radius 3 is 2.32 bits per heavy atom. The van der Waals surface area contributed by atoms with Crippen molar-refractivity contribution < 1.29 is 14.0 Å². The van der Waals surface area contributed by atoms with E-state index in [1.54, 1.807) is 24.5 Å². The minimum Gasteiger partial charge on any atom is -0.368 e. The first-order valence-electron chi connectivity index (χ1n) is 11.2. The second kappa shape index (κ2) is 9.35. The molecule has 1 N–H and O–H groups in total. The number of carbonyl (C=O) groups is 2. The maximum Gasteiger partial charge on any atom is 0.288 e. The van der Waals surface area contributed by atoms with Crippen molar-refractivity contribution in [2.75, 3.05) is 41.3 Å². The van der Waals surface area contributed by atoms with E-state index < -0.39 is 5.91 Å². The molecule has 8 heteroatoms. The third-order valence-corrected chi connectivity index (χ3v) is 6.16. The molecule has 172 valence electrons. The average molecular weight is 458 g/mol. The van der Waals surface area contributed by atoms with Gasteiger partial charge in [-0.05, 0) is 35.9 Å². The summed E-state index contributed by atoms with van der Waals surface area (Å²) in [5.74, 6) is -0.135. The molecule has 0 unspecified atom stereocenters. The largest absolute Gasteiger partial charge is 0.368 e. The molecule has 3 heterocycles. The number of fused-ring (bicyclic) bond motifs is 1. The SMILES string of the molecule is O=CC(=O)Nc1c(N2CCN(c3ccncc3)CC2)n(Cc2ccc(F)cc2)c2ccccc12. The van der Waals surface area contributed by atoms with Crippen LogP contribution in [-0.2, 0) is 16.1 Å². The summed E-state index contributed by atoms with van der Waals surface area (Å²) in [6.45, 7) is 3.54. The summed E-state index contributed by atoms with van der Waals surface area (Å²) < 4.78 is 15.6. The average Bonchev–Trinajstić information content (AvgIpc) is 3.18. The maximum absolute atomic E-state index is 13.5. The molecule has 7 nitrogen and oxygen atoms in total. The Bertz CT molecular complexity index is 1310. The Balaban J connectivity index is 1.55. The summed E-state index contributed by atoms with van der Waals surface area (Å²) in [5.41, 5.74) is 3.61. The fourth-order valence-electron chi connectivity index (χ4n) is 4.56. The van der Waals surface area contributed by atoms with Gasteiger partial charge in [-0.3, -0.25) is 14.6 Å². The van der Waals surface area contributed by atoms with E-state index >= 15 is 0 Å². The van der Waals surface area contributed by atoms with Gasteiger partial charge in [-0.2, -0.15) is 0 Å². The Hall–Kier alpha value is -4.20. The summed E-state index contributed by atoms with van der Waals surface area (Å²) in [4.78, 5) is 32.0.